The maximum Gasteiger partial charge on any atom is 0.326 e. The van der Waals surface area contributed by atoms with Crippen molar-refractivity contribution in [2.75, 3.05) is 0 Å². The molecule has 0 unspecified atom stereocenters. The summed E-state index contributed by atoms with van der Waals surface area (Å²) in [5, 5.41) is 14.6. The van der Waals surface area contributed by atoms with Crippen LogP contribution in [-0.2, 0) is 16.1 Å². The van der Waals surface area contributed by atoms with Gasteiger partial charge in [0, 0.05) is 17.8 Å². The third-order valence-corrected chi connectivity index (χ3v) is 4.06. The zero-order valence-corrected chi connectivity index (χ0v) is 16.8. The number of aliphatic carboxylic acids is 1. The molecule has 1 aromatic rings. The molecule has 0 bridgehead atoms. The molecule has 1 heterocycles. The van der Waals surface area contributed by atoms with Gasteiger partial charge >= 0.3 is 5.97 Å². The smallest absolute Gasteiger partial charge is 0.326 e. The zero-order valence-electron chi connectivity index (χ0n) is 16.8. The van der Waals surface area contributed by atoms with Crippen molar-refractivity contribution < 1.29 is 19.5 Å². The Morgan fingerprint density at radius 2 is 1.70 bits per heavy atom. The van der Waals surface area contributed by atoms with E-state index >= 15 is 0 Å². The summed E-state index contributed by atoms with van der Waals surface area (Å²) in [6.45, 7) is 10.3. The van der Waals surface area contributed by atoms with Crippen LogP contribution in [0.1, 0.15) is 55.7 Å². The van der Waals surface area contributed by atoms with Gasteiger partial charge in [0.2, 0.25) is 5.91 Å². The van der Waals surface area contributed by atoms with Crippen LogP contribution in [0.4, 0.5) is 0 Å². The van der Waals surface area contributed by atoms with E-state index in [1.54, 1.807) is 13.8 Å². The first kappa shape index (κ1) is 22.4. The monoisotopic (exact) mass is 379 g/mol. The van der Waals surface area contributed by atoms with Gasteiger partial charge in [0.05, 0.1) is 5.56 Å². The van der Waals surface area contributed by atoms with Crippen LogP contribution in [0.25, 0.3) is 0 Å². The van der Waals surface area contributed by atoms with E-state index < -0.39 is 23.5 Å². The predicted octanol–water partition coefficient (Wildman–Crippen LogP) is 1.22. The minimum absolute atomic E-state index is 0.0749. The third kappa shape index (κ3) is 6.23. The number of carbonyl (C=O) groups excluding carboxylic acids is 2. The third-order valence-electron chi connectivity index (χ3n) is 4.06. The number of amides is 2. The van der Waals surface area contributed by atoms with Crippen molar-refractivity contribution in [3.05, 3.63) is 33.2 Å². The summed E-state index contributed by atoms with van der Waals surface area (Å²) in [4.78, 5) is 48.5. The van der Waals surface area contributed by atoms with E-state index in [0.29, 0.717) is 11.3 Å². The van der Waals surface area contributed by atoms with Crippen molar-refractivity contribution in [2.24, 2.45) is 5.92 Å². The Morgan fingerprint density at radius 3 is 2.19 bits per heavy atom. The van der Waals surface area contributed by atoms with E-state index in [4.69, 9.17) is 0 Å². The van der Waals surface area contributed by atoms with Crippen LogP contribution in [0.3, 0.4) is 0 Å². The van der Waals surface area contributed by atoms with E-state index in [2.05, 4.69) is 10.6 Å². The summed E-state index contributed by atoms with van der Waals surface area (Å²) in [6, 6.07) is 0.179. The van der Waals surface area contributed by atoms with E-state index in [1.807, 2.05) is 27.7 Å². The molecule has 0 fully saturated rings. The van der Waals surface area contributed by atoms with Gasteiger partial charge in [0.25, 0.3) is 11.5 Å². The van der Waals surface area contributed by atoms with Gasteiger partial charge in [-0.25, -0.2) is 4.79 Å². The number of nitrogens with one attached hydrogen (secondary N) is 2. The van der Waals surface area contributed by atoms with E-state index in [-0.39, 0.29) is 36.4 Å². The lowest BCUT2D eigenvalue weighted by Gasteiger charge is -2.20. The number of carboxylic acids is 1. The second kappa shape index (κ2) is 9.34. The molecule has 0 aliphatic heterocycles. The van der Waals surface area contributed by atoms with Crippen molar-refractivity contribution >= 4 is 17.8 Å². The van der Waals surface area contributed by atoms with Gasteiger partial charge < -0.3 is 20.3 Å². The molecule has 0 spiro atoms. The number of hydrogen-bond donors (Lipinski definition) is 3. The molecule has 1 atom stereocenters. The Hall–Kier alpha value is -2.64. The lowest BCUT2D eigenvalue weighted by Crippen LogP contribution is -2.43. The molecular weight excluding hydrogens is 350 g/mol. The van der Waals surface area contributed by atoms with Crippen LogP contribution in [0, 0.1) is 19.8 Å². The Balaban J connectivity index is 3.21. The molecule has 0 radical (unpaired) electrons. The number of carbonyl (C=O) groups is 3. The highest BCUT2D eigenvalue weighted by atomic mass is 16.4. The van der Waals surface area contributed by atoms with Crippen LogP contribution in [-0.4, -0.2) is 39.5 Å². The fraction of sp³-hybridized carbons (Fsp3) is 0.579. The minimum atomic E-state index is -1.11. The number of pyridine rings is 1. The molecule has 27 heavy (non-hydrogen) atoms. The molecule has 150 valence electrons. The Morgan fingerprint density at radius 1 is 1.11 bits per heavy atom. The molecule has 0 aliphatic rings. The maximum absolute atomic E-state index is 12.7. The molecular formula is C19H29N3O5. The van der Waals surface area contributed by atoms with Crippen LogP contribution < -0.4 is 16.2 Å². The van der Waals surface area contributed by atoms with Gasteiger partial charge in [-0.3, -0.25) is 14.4 Å². The fourth-order valence-corrected chi connectivity index (χ4v) is 2.90. The highest BCUT2D eigenvalue weighted by Gasteiger charge is 2.25. The summed E-state index contributed by atoms with van der Waals surface area (Å²) >= 11 is 0. The standard InChI is InChI=1S/C19H29N3O5/c1-10(2)7-14(19(26)27)21-18(25)17-12(5)8-16(24)22(13(17)6)9-15(23)20-11(3)4/h8,10-11,14H,7,9H2,1-6H3,(H,20,23)(H,21,25)(H,26,27)/t14-/m1/s1. The minimum Gasteiger partial charge on any atom is -0.480 e. The van der Waals surface area contributed by atoms with Gasteiger partial charge in [-0.05, 0) is 45.6 Å². The number of hydrogen-bond acceptors (Lipinski definition) is 4. The summed E-state index contributed by atoms with van der Waals surface area (Å²) in [6.07, 6.45) is 0.287. The number of rotatable bonds is 8. The van der Waals surface area contributed by atoms with Crippen LogP contribution in [0.2, 0.25) is 0 Å². The van der Waals surface area contributed by atoms with Gasteiger partial charge in [-0.15, -0.1) is 0 Å². The summed E-state index contributed by atoms with van der Waals surface area (Å²) in [7, 11) is 0. The first-order chi connectivity index (χ1) is 12.4. The van der Waals surface area contributed by atoms with Crippen LogP contribution in [0.5, 0.6) is 0 Å². The number of carboxylic acid groups (broad SMARTS) is 1. The number of nitrogens with zero attached hydrogens (tertiary/aromatic N) is 1. The largest absolute Gasteiger partial charge is 0.480 e. The van der Waals surface area contributed by atoms with Gasteiger partial charge in [-0.2, -0.15) is 0 Å². The van der Waals surface area contributed by atoms with E-state index in [0.717, 1.165) is 0 Å². The van der Waals surface area contributed by atoms with Crippen molar-refractivity contribution in [1.29, 1.82) is 0 Å². The number of aromatic nitrogens is 1. The molecule has 2 amide bonds. The average Bonchev–Trinajstić information content (AvgIpc) is 2.49. The normalized spacial score (nSPS) is 12.1. The lowest BCUT2D eigenvalue weighted by atomic mass is 10.0. The van der Waals surface area contributed by atoms with Crippen molar-refractivity contribution in [1.82, 2.24) is 15.2 Å². The summed E-state index contributed by atoms with van der Waals surface area (Å²) in [5.74, 6) is -1.94. The number of aryl methyl sites for hydroxylation is 1. The zero-order chi connectivity index (χ0) is 20.9. The topological polar surface area (TPSA) is 118 Å². The quantitative estimate of drug-likeness (QED) is 0.628. The van der Waals surface area contributed by atoms with Gasteiger partial charge in [0.15, 0.2) is 0 Å². The second-order valence-corrected chi connectivity index (χ2v) is 7.43. The highest BCUT2D eigenvalue weighted by Crippen LogP contribution is 2.13. The Labute approximate surface area is 159 Å². The van der Waals surface area contributed by atoms with Crippen molar-refractivity contribution in [2.45, 2.75) is 66.6 Å². The Kier molecular flexibility index (Phi) is 7.75. The van der Waals surface area contributed by atoms with E-state index in [9.17, 15) is 24.3 Å². The van der Waals surface area contributed by atoms with Crippen LogP contribution >= 0.6 is 0 Å². The molecule has 1 aromatic heterocycles. The lowest BCUT2D eigenvalue weighted by molar-refractivity contribution is -0.139. The van der Waals surface area contributed by atoms with Crippen molar-refractivity contribution in [3.8, 4) is 0 Å². The predicted molar refractivity (Wildman–Crippen MR) is 102 cm³/mol. The molecule has 0 aliphatic carbocycles. The van der Waals surface area contributed by atoms with E-state index in [1.165, 1.54) is 10.6 Å². The molecule has 8 heteroatoms. The maximum atomic E-state index is 12.7. The van der Waals surface area contributed by atoms with Crippen LogP contribution in [0.15, 0.2) is 10.9 Å². The molecule has 8 nitrogen and oxygen atoms in total. The first-order valence-corrected chi connectivity index (χ1v) is 8.98. The SMILES string of the molecule is Cc1cc(=O)n(CC(=O)NC(C)C)c(C)c1C(=O)N[C@H](CC(C)C)C(=O)O. The van der Waals surface area contributed by atoms with Gasteiger partial charge in [0.1, 0.15) is 12.6 Å². The molecule has 0 saturated heterocycles. The summed E-state index contributed by atoms with van der Waals surface area (Å²) in [5.41, 5.74) is 0.577. The van der Waals surface area contributed by atoms with Gasteiger partial charge in [-0.1, -0.05) is 13.8 Å². The molecule has 1 rings (SSSR count). The first-order valence-electron chi connectivity index (χ1n) is 8.98. The Bertz CT molecular complexity index is 780. The highest BCUT2D eigenvalue weighted by molar-refractivity contribution is 5.98. The summed E-state index contributed by atoms with van der Waals surface area (Å²) < 4.78 is 1.22. The molecule has 0 saturated carbocycles. The van der Waals surface area contributed by atoms with Crippen molar-refractivity contribution in [3.63, 3.8) is 0 Å². The second-order valence-electron chi connectivity index (χ2n) is 7.43. The fourth-order valence-electron chi connectivity index (χ4n) is 2.90. The molecule has 3 N–H and O–H groups in total. The average molecular weight is 379 g/mol. The molecule has 0 aromatic carbocycles.